The van der Waals surface area contributed by atoms with E-state index in [1.165, 1.54) is 18.2 Å². The summed E-state index contributed by atoms with van der Waals surface area (Å²) in [7, 11) is 0. The van der Waals surface area contributed by atoms with Crippen molar-refractivity contribution in [1.29, 1.82) is 0 Å². The molecule has 0 aliphatic carbocycles. The lowest BCUT2D eigenvalue weighted by atomic mass is 10.1. The second-order valence-corrected chi connectivity index (χ2v) is 3.67. The van der Waals surface area contributed by atoms with Gasteiger partial charge in [0.25, 0.3) is 5.91 Å². The van der Waals surface area contributed by atoms with Crippen LogP contribution in [0.25, 0.3) is 0 Å². The second-order valence-electron chi connectivity index (χ2n) is 3.67. The molecule has 0 bridgehead atoms. The van der Waals surface area contributed by atoms with Crippen molar-refractivity contribution in [3.05, 3.63) is 29.6 Å². The Kier molecular flexibility index (Phi) is 3.09. The molecule has 1 heterocycles. The minimum atomic E-state index is -0.541. The Morgan fingerprint density at radius 1 is 1.44 bits per heavy atom. The van der Waals surface area contributed by atoms with Crippen LogP contribution >= 0.6 is 0 Å². The van der Waals surface area contributed by atoms with Gasteiger partial charge >= 0.3 is 0 Å². The highest BCUT2D eigenvalue weighted by Crippen LogP contribution is 2.22. The van der Waals surface area contributed by atoms with Crippen LogP contribution in [0.3, 0.4) is 0 Å². The quantitative estimate of drug-likeness (QED) is 0.572. The zero-order valence-electron chi connectivity index (χ0n) is 9.45. The Morgan fingerprint density at radius 2 is 2.22 bits per heavy atom. The number of aromatic hydroxyl groups is 2. The highest BCUT2D eigenvalue weighted by atomic mass is 16.3. The first-order valence-corrected chi connectivity index (χ1v) is 5.14. The topological polar surface area (TPSA) is 124 Å². The second kappa shape index (κ2) is 4.70. The van der Waals surface area contributed by atoms with Crippen molar-refractivity contribution in [3.8, 4) is 11.5 Å². The van der Waals surface area contributed by atoms with Gasteiger partial charge in [0, 0.05) is 0 Å². The van der Waals surface area contributed by atoms with E-state index in [0.29, 0.717) is 5.82 Å². The lowest BCUT2D eigenvalue weighted by molar-refractivity contribution is 0.0935. The van der Waals surface area contributed by atoms with Gasteiger partial charge in [-0.05, 0) is 25.1 Å². The fraction of sp³-hybridized carbons (Fsp3) is 0.200. The third-order valence-electron chi connectivity index (χ3n) is 2.32. The molecule has 94 valence electrons. The lowest BCUT2D eigenvalue weighted by Crippen LogP contribution is -2.27. The minimum absolute atomic E-state index is 0.0228. The Morgan fingerprint density at radius 3 is 2.89 bits per heavy atom. The van der Waals surface area contributed by atoms with Crippen molar-refractivity contribution in [1.82, 2.24) is 25.9 Å². The van der Waals surface area contributed by atoms with Gasteiger partial charge < -0.3 is 15.5 Å². The minimum Gasteiger partial charge on any atom is -0.508 e. The van der Waals surface area contributed by atoms with Gasteiger partial charge in [0.15, 0.2) is 5.82 Å². The molecule has 1 aromatic carbocycles. The maximum Gasteiger partial charge on any atom is 0.255 e. The number of amides is 1. The molecule has 1 aromatic heterocycles. The Balaban J connectivity index is 2.15. The third kappa shape index (κ3) is 2.37. The first-order valence-electron chi connectivity index (χ1n) is 5.14. The summed E-state index contributed by atoms with van der Waals surface area (Å²) in [5, 5.41) is 34.5. The van der Waals surface area contributed by atoms with Crippen LogP contribution in [0, 0.1) is 0 Å². The number of aromatic amines is 1. The number of phenolic OH excluding ortho intramolecular Hbond substituents is 2. The van der Waals surface area contributed by atoms with Gasteiger partial charge in [-0.15, -0.1) is 10.2 Å². The number of tetrazole rings is 1. The highest BCUT2D eigenvalue weighted by molar-refractivity contribution is 5.97. The predicted molar refractivity (Wildman–Crippen MR) is 59.8 cm³/mol. The van der Waals surface area contributed by atoms with Crippen molar-refractivity contribution < 1.29 is 15.0 Å². The van der Waals surface area contributed by atoms with Crippen molar-refractivity contribution in [3.63, 3.8) is 0 Å². The summed E-state index contributed by atoms with van der Waals surface area (Å²) in [6.45, 7) is 1.67. The normalized spacial score (nSPS) is 12.1. The number of benzene rings is 1. The summed E-state index contributed by atoms with van der Waals surface area (Å²) in [5.41, 5.74) is -0.0228. The van der Waals surface area contributed by atoms with Gasteiger partial charge in [-0.3, -0.25) is 4.79 Å². The van der Waals surface area contributed by atoms with Gasteiger partial charge in [-0.2, -0.15) is 5.21 Å². The monoisotopic (exact) mass is 249 g/mol. The summed E-state index contributed by atoms with van der Waals surface area (Å²) in [6.07, 6.45) is 0. The molecule has 0 spiro atoms. The van der Waals surface area contributed by atoms with Crippen molar-refractivity contribution >= 4 is 5.91 Å². The van der Waals surface area contributed by atoms with Crippen molar-refractivity contribution in [2.45, 2.75) is 13.0 Å². The van der Waals surface area contributed by atoms with E-state index >= 15 is 0 Å². The molecule has 0 saturated carbocycles. The number of carbonyl (C=O) groups is 1. The third-order valence-corrected chi connectivity index (χ3v) is 2.32. The number of phenols is 2. The van der Waals surface area contributed by atoms with Gasteiger partial charge in [0.05, 0.1) is 11.6 Å². The number of nitrogens with zero attached hydrogens (tertiary/aromatic N) is 3. The van der Waals surface area contributed by atoms with E-state index in [0.717, 1.165) is 0 Å². The molecule has 4 N–H and O–H groups in total. The molecular weight excluding hydrogens is 238 g/mol. The van der Waals surface area contributed by atoms with E-state index in [1.807, 2.05) is 0 Å². The molecule has 0 radical (unpaired) electrons. The van der Waals surface area contributed by atoms with Crippen LogP contribution in [0.5, 0.6) is 11.5 Å². The average Bonchev–Trinajstić information content (AvgIpc) is 2.85. The first-order chi connectivity index (χ1) is 8.58. The fourth-order valence-electron chi connectivity index (χ4n) is 1.40. The molecule has 0 fully saturated rings. The largest absolute Gasteiger partial charge is 0.508 e. The van der Waals surface area contributed by atoms with Crippen molar-refractivity contribution in [2.24, 2.45) is 0 Å². The highest BCUT2D eigenvalue weighted by Gasteiger charge is 2.17. The first kappa shape index (κ1) is 11.8. The molecule has 1 amide bonds. The smallest absolute Gasteiger partial charge is 0.255 e. The van der Waals surface area contributed by atoms with E-state index in [1.54, 1.807) is 6.92 Å². The SMILES string of the molecule is CC(NC(=O)c1cc(O)ccc1O)c1nn[nH]n1. The van der Waals surface area contributed by atoms with Crippen LogP contribution in [0.2, 0.25) is 0 Å². The molecule has 1 unspecified atom stereocenters. The number of rotatable bonds is 3. The lowest BCUT2D eigenvalue weighted by Gasteiger charge is -2.11. The summed E-state index contributed by atoms with van der Waals surface area (Å²) in [6, 6.07) is 3.23. The Labute approximate surface area is 102 Å². The number of H-pyrrole nitrogens is 1. The van der Waals surface area contributed by atoms with Crippen LogP contribution in [-0.2, 0) is 0 Å². The van der Waals surface area contributed by atoms with E-state index in [4.69, 9.17) is 0 Å². The van der Waals surface area contributed by atoms with Gasteiger partial charge in [0.1, 0.15) is 11.5 Å². The zero-order chi connectivity index (χ0) is 13.1. The maximum absolute atomic E-state index is 11.9. The number of carbonyl (C=O) groups excluding carboxylic acids is 1. The molecule has 2 rings (SSSR count). The predicted octanol–water partition coefficient (Wildman–Crippen LogP) is 0.102. The van der Waals surface area contributed by atoms with Crippen LogP contribution in [-0.4, -0.2) is 36.7 Å². The maximum atomic E-state index is 11.9. The molecule has 0 aliphatic heterocycles. The molecule has 0 saturated heterocycles. The van der Waals surface area contributed by atoms with E-state index in [-0.39, 0.29) is 17.1 Å². The molecule has 8 heteroatoms. The van der Waals surface area contributed by atoms with Crippen LogP contribution in [0.1, 0.15) is 29.1 Å². The molecule has 1 atom stereocenters. The van der Waals surface area contributed by atoms with E-state index < -0.39 is 11.9 Å². The van der Waals surface area contributed by atoms with Crippen molar-refractivity contribution in [2.75, 3.05) is 0 Å². The zero-order valence-corrected chi connectivity index (χ0v) is 9.45. The van der Waals surface area contributed by atoms with Gasteiger partial charge in [-0.1, -0.05) is 5.21 Å². The Bertz CT molecular complexity index is 555. The standard InChI is InChI=1S/C10H11N5O3/c1-5(9-12-14-15-13-9)11-10(18)7-4-6(16)2-3-8(7)17/h2-5,16-17H,1H3,(H,11,18)(H,12,13,14,15). The van der Waals surface area contributed by atoms with Gasteiger partial charge in [-0.25, -0.2) is 0 Å². The number of hydrogen-bond donors (Lipinski definition) is 4. The van der Waals surface area contributed by atoms with Crippen LogP contribution in [0.15, 0.2) is 18.2 Å². The Hall–Kier alpha value is -2.64. The summed E-state index contributed by atoms with van der Waals surface area (Å²) in [4.78, 5) is 11.9. The number of nitrogens with one attached hydrogen (secondary N) is 2. The fourth-order valence-corrected chi connectivity index (χ4v) is 1.40. The molecule has 18 heavy (non-hydrogen) atoms. The van der Waals surface area contributed by atoms with Crippen LogP contribution < -0.4 is 5.32 Å². The molecule has 8 nitrogen and oxygen atoms in total. The summed E-state index contributed by atoms with van der Waals surface area (Å²) < 4.78 is 0. The van der Waals surface area contributed by atoms with Gasteiger partial charge in [0.2, 0.25) is 0 Å². The average molecular weight is 249 g/mol. The molecule has 0 aliphatic rings. The summed E-state index contributed by atoms with van der Waals surface area (Å²) in [5.74, 6) is -0.542. The van der Waals surface area contributed by atoms with Crippen LogP contribution in [0.4, 0.5) is 0 Å². The number of hydrogen-bond acceptors (Lipinski definition) is 6. The van der Waals surface area contributed by atoms with E-state index in [2.05, 4.69) is 25.9 Å². The van der Waals surface area contributed by atoms with E-state index in [9.17, 15) is 15.0 Å². The summed E-state index contributed by atoms with van der Waals surface area (Å²) >= 11 is 0. The molecule has 2 aromatic rings. The molecular formula is C10H11N5O3. The number of aromatic nitrogens is 4.